The highest BCUT2D eigenvalue weighted by Crippen LogP contribution is 2.52. The molecular formula is C11H16O4. The predicted molar refractivity (Wildman–Crippen MR) is 51.9 cm³/mol. The maximum atomic E-state index is 11.4. The lowest BCUT2D eigenvalue weighted by molar-refractivity contribution is -0.148. The Morgan fingerprint density at radius 3 is 2.27 bits per heavy atom. The second-order valence-electron chi connectivity index (χ2n) is 4.59. The number of hydrogen-bond donors (Lipinski definition) is 1. The summed E-state index contributed by atoms with van der Waals surface area (Å²) in [6, 6.07) is 0. The van der Waals surface area contributed by atoms with Crippen molar-refractivity contribution in [3.05, 3.63) is 0 Å². The molecule has 0 aromatic carbocycles. The molecule has 0 spiro atoms. The van der Waals surface area contributed by atoms with Crippen molar-refractivity contribution in [1.29, 1.82) is 0 Å². The van der Waals surface area contributed by atoms with Gasteiger partial charge in [-0.2, -0.15) is 0 Å². The zero-order valence-corrected chi connectivity index (χ0v) is 8.81. The summed E-state index contributed by atoms with van der Waals surface area (Å²) in [5.74, 6) is 0.355. The van der Waals surface area contributed by atoms with Crippen LogP contribution in [-0.4, -0.2) is 30.6 Å². The van der Waals surface area contributed by atoms with Gasteiger partial charge in [0.1, 0.15) is 6.61 Å². The molecule has 0 radical (unpaired) electrons. The Hall–Kier alpha value is -0.900. The molecule has 2 bridgehead atoms. The van der Waals surface area contributed by atoms with Gasteiger partial charge in [0.25, 0.3) is 0 Å². The van der Waals surface area contributed by atoms with E-state index in [1.54, 1.807) is 0 Å². The summed E-state index contributed by atoms with van der Waals surface area (Å²) in [6.45, 7) is -0.364. The first-order valence-electron chi connectivity index (χ1n) is 5.38. The van der Waals surface area contributed by atoms with Crippen molar-refractivity contribution in [1.82, 2.24) is 0 Å². The van der Waals surface area contributed by atoms with Crippen LogP contribution in [0.25, 0.3) is 0 Å². The number of hydrogen-bond acceptors (Lipinski definition) is 4. The van der Waals surface area contributed by atoms with E-state index in [1.807, 2.05) is 0 Å². The smallest absolute Gasteiger partial charge is 0.308 e. The summed E-state index contributed by atoms with van der Waals surface area (Å²) in [5.41, 5.74) is 0. The molecular weight excluding hydrogens is 196 g/mol. The molecule has 0 aromatic rings. The number of methoxy groups -OCH3 is 1. The van der Waals surface area contributed by atoms with Crippen molar-refractivity contribution in [2.75, 3.05) is 13.7 Å². The Morgan fingerprint density at radius 2 is 1.80 bits per heavy atom. The molecule has 0 heterocycles. The van der Waals surface area contributed by atoms with Gasteiger partial charge in [0, 0.05) is 5.92 Å². The summed E-state index contributed by atoms with van der Waals surface area (Å²) in [6.07, 6.45) is 2.45. The Kier molecular flexibility index (Phi) is 2.78. The molecule has 1 N–H and O–H groups in total. The summed E-state index contributed by atoms with van der Waals surface area (Å²) in [5, 5.41) is 8.80. The second kappa shape index (κ2) is 3.93. The van der Waals surface area contributed by atoms with Gasteiger partial charge in [-0.15, -0.1) is 0 Å². The third-order valence-corrected chi connectivity index (χ3v) is 3.93. The van der Waals surface area contributed by atoms with Crippen molar-refractivity contribution in [3.63, 3.8) is 0 Å². The van der Waals surface area contributed by atoms with Crippen molar-refractivity contribution in [2.24, 2.45) is 23.7 Å². The van der Waals surface area contributed by atoms with Crippen LogP contribution in [0.2, 0.25) is 0 Å². The van der Waals surface area contributed by atoms with E-state index < -0.39 is 0 Å². The van der Waals surface area contributed by atoms with Gasteiger partial charge < -0.3 is 9.84 Å². The molecule has 0 aliphatic heterocycles. The van der Waals surface area contributed by atoms with Gasteiger partial charge in [-0.25, -0.2) is 0 Å². The average molecular weight is 212 g/mol. The van der Waals surface area contributed by atoms with Crippen LogP contribution in [0.4, 0.5) is 0 Å². The molecule has 2 rings (SSSR count). The lowest BCUT2D eigenvalue weighted by Crippen LogP contribution is -2.30. The van der Waals surface area contributed by atoms with Crippen LogP contribution in [0.3, 0.4) is 0 Å². The highest BCUT2D eigenvalue weighted by Gasteiger charge is 2.50. The van der Waals surface area contributed by atoms with Crippen molar-refractivity contribution in [2.45, 2.75) is 19.3 Å². The van der Waals surface area contributed by atoms with E-state index in [0.29, 0.717) is 11.8 Å². The van der Waals surface area contributed by atoms with E-state index in [9.17, 15) is 9.59 Å². The Bertz CT molecular complexity index is 258. The third-order valence-electron chi connectivity index (χ3n) is 3.93. The standard InChI is InChI=1S/C11H16O4/c1-15-11(14)9-4-6-2-7(9)3-8(6)10(13)5-12/h6-9,12H,2-5H2,1H3. The number of aliphatic hydroxyl groups is 1. The molecule has 2 aliphatic rings. The number of carbonyl (C=O) groups is 2. The molecule has 4 unspecified atom stereocenters. The lowest BCUT2D eigenvalue weighted by atomic mass is 9.80. The number of aliphatic hydroxyl groups excluding tert-OH is 1. The zero-order valence-electron chi connectivity index (χ0n) is 8.81. The minimum absolute atomic E-state index is 0.0113. The molecule has 2 saturated carbocycles. The fourth-order valence-corrected chi connectivity index (χ4v) is 3.23. The molecule has 4 heteroatoms. The first-order chi connectivity index (χ1) is 7.17. The quantitative estimate of drug-likeness (QED) is 0.687. The van der Waals surface area contributed by atoms with Gasteiger partial charge in [-0.3, -0.25) is 9.59 Å². The summed E-state index contributed by atoms with van der Waals surface area (Å²) < 4.78 is 4.74. The molecule has 0 saturated heterocycles. The first kappa shape index (κ1) is 10.6. The van der Waals surface area contributed by atoms with Gasteiger partial charge >= 0.3 is 5.97 Å². The highest BCUT2D eigenvalue weighted by atomic mass is 16.5. The summed E-state index contributed by atoms with van der Waals surface area (Å²) in [7, 11) is 1.41. The minimum Gasteiger partial charge on any atom is -0.469 e. The topological polar surface area (TPSA) is 63.6 Å². The van der Waals surface area contributed by atoms with E-state index >= 15 is 0 Å². The number of Topliss-reactive ketones (excluding diaryl/α,β-unsaturated/α-hetero) is 1. The van der Waals surface area contributed by atoms with Crippen LogP contribution >= 0.6 is 0 Å². The predicted octanol–water partition coefficient (Wildman–Crippen LogP) is 0.383. The Balaban J connectivity index is 2.00. The lowest BCUT2D eigenvalue weighted by Gasteiger charge is -2.24. The summed E-state index contributed by atoms with van der Waals surface area (Å²) >= 11 is 0. The molecule has 0 aromatic heterocycles. The third kappa shape index (κ3) is 1.67. The minimum atomic E-state index is -0.364. The van der Waals surface area contributed by atoms with Gasteiger partial charge in [0.05, 0.1) is 13.0 Å². The van der Waals surface area contributed by atoms with Gasteiger partial charge in [0.2, 0.25) is 0 Å². The molecule has 2 fully saturated rings. The van der Waals surface area contributed by atoms with E-state index in [4.69, 9.17) is 9.84 Å². The van der Waals surface area contributed by atoms with Crippen molar-refractivity contribution >= 4 is 11.8 Å². The number of esters is 1. The molecule has 2 aliphatic carbocycles. The number of ketones is 1. The van der Waals surface area contributed by atoms with Gasteiger partial charge in [-0.1, -0.05) is 0 Å². The number of fused-ring (bicyclic) bond motifs is 2. The molecule has 4 atom stereocenters. The van der Waals surface area contributed by atoms with Crippen LogP contribution in [0.5, 0.6) is 0 Å². The number of rotatable bonds is 3. The van der Waals surface area contributed by atoms with Crippen molar-refractivity contribution in [3.8, 4) is 0 Å². The fraction of sp³-hybridized carbons (Fsp3) is 0.818. The van der Waals surface area contributed by atoms with E-state index in [0.717, 1.165) is 19.3 Å². The fourth-order valence-electron chi connectivity index (χ4n) is 3.23. The maximum Gasteiger partial charge on any atom is 0.308 e. The molecule has 15 heavy (non-hydrogen) atoms. The number of ether oxygens (including phenoxy) is 1. The SMILES string of the molecule is COC(=O)C1CC2CC1CC2C(=O)CO. The molecule has 4 nitrogen and oxygen atoms in total. The van der Waals surface area contributed by atoms with E-state index in [1.165, 1.54) is 7.11 Å². The first-order valence-corrected chi connectivity index (χ1v) is 5.38. The van der Waals surface area contributed by atoms with Crippen LogP contribution < -0.4 is 0 Å². The van der Waals surface area contributed by atoms with Crippen LogP contribution in [0, 0.1) is 23.7 Å². The van der Waals surface area contributed by atoms with Gasteiger partial charge in [-0.05, 0) is 31.1 Å². The zero-order chi connectivity index (χ0) is 11.0. The van der Waals surface area contributed by atoms with Crippen molar-refractivity contribution < 1.29 is 19.4 Å². The highest BCUT2D eigenvalue weighted by molar-refractivity contribution is 5.83. The number of carbonyl (C=O) groups excluding carboxylic acids is 2. The van der Waals surface area contributed by atoms with E-state index in [-0.39, 0.29) is 30.2 Å². The van der Waals surface area contributed by atoms with Crippen LogP contribution in [0.1, 0.15) is 19.3 Å². The van der Waals surface area contributed by atoms with Crippen LogP contribution in [0.15, 0.2) is 0 Å². The summed E-state index contributed by atoms with van der Waals surface area (Å²) in [4.78, 5) is 22.8. The van der Waals surface area contributed by atoms with Gasteiger partial charge in [0.15, 0.2) is 5.78 Å². The van der Waals surface area contributed by atoms with E-state index in [2.05, 4.69) is 0 Å². The maximum absolute atomic E-state index is 11.4. The monoisotopic (exact) mass is 212 g/mol. The molecule has 0 amide bonds. The van der Waals surface area contributed by atoms with Crippen LogP contribution in [-0.2, 0) is 14.3 Å². The molecule has 84 valence electrons. The second-order valence-corrected chi connectivity index (χ2v) is 4.59. The normalized spacial score (nSPS) is 38.0. The Labute approximate surface area is 88.6 Å². The Morgan fingerprint density at radius 1 is 1.20 bits per heavy atom. The largest absolute Gasteiger partial charge is 0.469 e. The average Bonchev–Trinajstić information content (AvgIpc) is 2.85.